The maximum absolute atomic E-state index is 11.9. The van der Waals surface area contributed by atoms with Gasteiger partial charge in [0.1, 0.15) is 10.8 Å². The van der Waals surface area contributed by atoms with E-state index in [1.54, 1.807) is 14.0 Å². The van der Waals surface area contributed by atoms with Gasteiger partial charge in [0.2, 0.25) is 11.7 Å². The van der Waals surface area contributed by atoms with E-state index in [2.05, 4.69) is 15.1 Å². The highest BCUT2D eigenvalue weighted by atomic mass is 32.2. The monoisotopic (exact) mass is 466 g/mol. The van der Waals surface area contributed by atoms with E-state index < -0.39 is 6.09 Å². The number of hydrogen-bond donors (Lipinski definition) is 0. The van der Waals surface area contributed by atoms with Crippen LogP contribution in [0.2, 0.25) is 0 Å². The van der Waals surface area contributed by atoms with Gasteiger partial charge in [0, 0.05) is 30.0 Å². The quantitative estimate of drug-likeness (QED) is 0.395. The minimum Gasteiger partial charge on any atom is -0.493 e. The normalized spacial score (nSPS) is 13.5. The molecular weight excluding hydrogens is 444 g/mol. The maximum Gasteiger partial charge on any atom is 0.434 e. The fourth-order valence-corrected chi connectivity index (χ4v) is 3.87. The van der Waals surface area contributed by atoms with E-state index in [1.807, 2.05) is 42.7 Å². The number of ether oxygens (including phenoxy) is 3. The summed E-state index contributed by atoms with van der Waals surface area (Å²) in [4.78, 5) is 25.1. The molecule has 0 atom stereocenters. The number of amides is 1. The Bertz CT molecular complexity index is 1230. The van der Waals surface area contributed by atoms with Crippen molar-refractivity contribution in [3.8, 4) is 22.9 Å². The van der Waals surface area contributed by atoms with Crippen LogP contribution in [0.25, 0.3) is 11.4 Å². The standard InChI is InChI=1S/C23H22N4O5S/c1-13-24-21(27-32-13)14-5-7-17(8-6-14)25-19(22(33-4)26-23(28)30-3)16-11-15-9-10-31-20(15)18(12-16)29-2/h5-8,11-12H,9-10H2,1-4H3/b25-19+,26-22-. The lowest BCUT2D eigenvalue weighted by Gasteiger charge is -2.13. The molecule has 0 saturated carbocycles. The molecule has 2 heterocycles. The smallest absolute Gasteiger partial charge is 0.434 e. The summed E-state index contributed by atoms with van der Waals surface area (Å²) in [5, 5.41) is 4.36. The molecule has 1 aromatic heterocycles. The van der Waals surface area contributed by atoms with Crippen LogP contribution in [-0.4, -0.2) is 54.1 Å². The molecule has 0 saturated heterocycles. The van der Waals surface area contributed by atoms with Gasteiger partial charge in [0.05, 0.1) is 26.5 Å². The van der Waals surface area contributed by atoms with Crippen molar-refractivity contribution >= 4 is 34.3 Å². The number of carbonyl (C=O) groups excluding carboxylic acids is 1. The Kier molecular flexibility index (Phi) is 6.74. The van der Waals surface area contributed by atoms with E-state index in [1.165, 1.54) is 18.9 Å². The summed E-state index contributed by atoms with van der Waals surface area (Å²) in [5.41, 5.74) is 3.75. The molecule has 33 heavy (non-hydrogen) atoms. The van der Waals surface area contributed by atoms with E-state index >= 15 is 0 Å². The van der Waals surface area contributed by atoms with Crippen LogP contribution in [0, 0.1) is 6.92 Å². The van der Waals surface area contributed by atoms with Gasteiger partial charge in [-0.2, -0.15) is 9.98 Å². The van der Waals surface area contributed by atoms with Gasteiger partial charge < -0.3 is 18.7 Å². The first-order valence-corrected chi connectivity index (χ1v) is 11.3. The van der Waals surface area contributed by atoms with Gasteiger partial charge in [-0.15, -0.1) is 11.8 Å². The first kappa shape index (κ1) is 22.5. The van der Waals surface area contributed by atoms with Crippen molar-refractivity contribution in [1.82, 2.24) is 10.1 Å². The average Bonchev–Trinajstić information content (AvgIpc) is 3.49. The van der Waals surface area contributed by atoms with Crippen molar-refractivity contribution in [2.24, 2.45) is 9.98 Å². The van der Waals surface area contributed by atoms with Crippen LogP contribution in [-0.2, 0) is 11.2 Å². The summed E-state index contributed by atoms with van der Waals surface area (Å²) < 4.78 is 21.0. The largest absolute Gasteiger partial charge is 0.493 e. The van der Waals surface area contributed by atoms with Gasteiger partial charge >= 0.3 is 6.09 Å². The zero-order valence-corrected chi connectivity index (χ0v) is 19.4. The molecule has 170 valence electrons. The zero-order chi connectivity index (χ0) is 23.4. The Hall–Kier alpha value is -3.66. The number of benzene rings is 2. The van der Waals surface area contributed by atoms with E-state index in [0.717, 1.165) is 28.9 Å². The summed E-state index contributed by atoms with van der Waals surface area (Å²) in [6.07, 6.45) is 1.88. The molecule has 0 N–H and O–H groups in total. The van der Waals surface area contributed by atoms with E-state index in [0.29, 0.717) is 40.5 Å². The van der Waals surface area contributed by atoms with Crippen molar-refractivity contribution in [2.75, 3.05) is 27.1 Å². The zero-order valence-electron chi connectivity index (χ0n) is 18.6. The Morgan fingerprint density at radius 2 is 1.97 bits per heavy atom. The molecule has 1 aliphatic rings. The summed E-state index contributed by atoms with van der Waals surface area (Å²) in [6.45, 7) is 2.33. The maximum atomic E-state index is 11.9. The molecule has 9 nitrogen and oxygen atoms in total. The lowest BCUT2D eigenvalue weighted by molar-refractivity contribution is 0.183. The summed E-state index contributed by atoms with van der Waals surface area (Å²) >= 11 is 1.30. The number of methoxy groups -OCH3 is 2. The minimum atomic E-state index is -0.702. The summed E-state index contributed by atoms with van der Waals surface area (Å²) in [7, 11) is 2.88. The molecule has 0 unspecified atom stereocenters. The molecule has 0 fully saturated rings. The molecule has 1 amide bonds. The van der Waals surface area contributed by atoms with Crippen LogP contribution < -0.4 is 9.47 Å². The molecule has 2 aromatic carbocycles. The molecule has 4 rings (SSSR count). The number of aryl methyl sites for hydroxylation is 1. The van der Waals surface area contributed by atoms with Gasteiger partial charge in [0.15, 0.2) is 11.5 Å². The van der Waals surface area contributed by atoms with Crippen molar-refractivity contribution in [3.05, 3.63) is 53.4 Å². The SMILES string of the molecule is COC(=O)/N=C(SC)/C(=N/c1ccc(-c2noc(C)n2)cc1)c1cc2c(c(OC)c1)OCC2. The lowest BCUT2D eigenvalue weighted by atomic mass is 10.0. The second kappa shape index (κ2) is 9.86. The number of carbonyl (C=O) groups is 1. The van der Waals surface area contributed by atoms with E-state index in [-0.39, 0.29) is 0 Å². The Balaban J connectivity index is 1.80. The van der Waals surface area contributed by atoms with Gasteiger partial charge in [-0.3, -0.25) is 0 Å². The van der Waals surface area contributed by atoms with Crippen molar-refractivity contribution in [2.45, 2.75) is 13.3 Å². The number of aromatic nitrogens is 2. The number of rotatable bonds is 5. The number of hydrogen-bond acceptors (Lipinski definition) is 9. The van der Waals surface area contributed by atoms with E-state index in [9.17, 15) is 4.79 Å². The highest BCUT2D eigenvalue weighted by Gasteiger charge is 2.23. The topological polar surface area (TPSA) is 108 Å². The molecular formula is C23H22N4O5S. The Labute approximate surface area is 194 Å². The van der Waals surface area contributed by atoms with Crippen LogP contribution >= 0.6 is 11.8 Å². The van der Waals surface area contributed by atoms with Gasteiger partial charge in [-0.25, -0.2) is 9.79 Å². The minimum absolute atomic E-state index is 0.417. The molecule has 10 heteroatoms. The third-order valence-electron chi connectivity index (χ3n) is 4.90. The van der Waals surface area contributed by atoms with Crippen molar-refractivity contribution in [3.63, 3.8) is 0 Å². The fraction of sp³-hybridized carbons (Fsp3) is 0.261. The predicted octanol–water partition coefficient (Wildman–Crippen LogP) is 4.64. The third kappa shape index (κ3) is 4.90. The molecule has 1 aliphatic heterocycles. The van der Waals surface area contributed by atoms with Crippen molar-refractivity contribution < 1.29 is 23.5 Å². The first-order chi connectivity index (χ1) is 16.0. The average molecular weight is 467 g/mol. The number of thioether (sulfide) groups is 1. The first-order valence-electron chi connectivity index (χ1n) is 10.1. The second-order valence-electron chi connectivity index (χ2n) is 7.00. The highest BCUT2D eigenvalue weighted by Crippen LogP contribution is 2.37. The Morgan fingerprint density at radius 1 is 1.18 bits per heavy atom. The van der Waals surface area contributed by atoms with E-state index in [4.69, 9.17) is 23.7 Å². The number of aliphatic imine (C=N–C) groups is 2. The summed E-state index contributed by atoms with van der Waals surface area (Å²) in [5.74, 6) is 2.33. The van der Waals surface area contributed by atoms with Crippen LogP contribution in [0.1, 0.15) is 17.0 Å². The van der Waals surface area contributed by atoms with Crippen LogP contribution in [0.4, 0.5) is 10.5 Å². The van der Waals surface area contributed by atoms with Crippen LogP contribution in [0.15, 0.2) is 50.9 Å². The third-order valence-corrected chi connectivity index (χ3v) is 5.57. The molecule has 0 radical (unpaired) electrons. The second-order valence-corrected chi connectivity index (χ2v) is 7.80. The highest BCUT2D eigenvalue weighted by molar-refractivity contribution is 8.15. The van der Waals surface area contributed by atoms with Gasteiger partial charge in [0.25, 0.3) is 0 Å². The molecule has 0 bridgehead atoms. The lowest BCUT2D eigenvalue weighted by Crippen LogP contribution is -2.15. The molecule has 3 aromatic rings. The number of fused-ring (bicyclic) bond motifs is 1. The Morgan fingerprint density at radius 3 is 2.61 bits per heavy atom. The van der Waals surface area contributed by atoms with Crippen molar-refractivity contribution in [1.29, 1.82) is 0 Å². The van der Waals surface area contributed by atoms with Gasteiger partial charge in [-0.1, -0.05) is 5.16 Å². The summed E-state index contributed by atoms with van der Waals surface area (Å²) in [6, 6.07) is 11.2. The van der Waals surface area contributed by atoms with Gasteiger partial charge in [-0.05, 0) is 42.7 Å². The fourth-order valence-electron chi connectivity index (χ4n) is 3.35. The number of nitrogens with zero attached hydrogens (tertiary/aromatic N) is 4. The van der Waals surface area contributed by atoms with Crippen LogP contribution in [0.3, 0.4) is 0 Å². The predicted molar refractivity (Wildman–Crippen MR) is 126 cm³/mol. The molecule has 0 spiro atoms. The molecule has 0 aliphatic carbocycles. The van der Waals surface area contributed by atoms with Crippen LogP contribution in [0.5, 0.6) is 11.5 Å².